The van der Waals surface area contributed by atoms with Crippen LogP contribution in [0, 0.1) is 6.92 Å². The molecule has 22 heavy (non-hydrogen) atoms. The summed E-state index contributed by atoms with van der Waals surface area (Å²) in [6.07, 6.45) is 1.85. The van der Waals surface area contributed by atoms with Crippen molar-refractivity contribution in [3.8, 4) is 0 Å². The number of aliphatic imine (C=N–C) groups is 1. The lowest BCUT2D eigenvalue weighted by Gasteiger charge is -2.11. The van der Waals surface area contributed by atoms with Gasteiger partial charge in [-0.15, -0.1) is 11.3 Å². The minimum Gasteiger partial charge on any atom is -0.366 e. The van der Waals surface area contributed by atoms with Gasteiger partial charge in [0.1, 0.15) is 5.01 Å². The van der Waals surface area contributed by atoms with E-state index < -0.39 is 5.91 Å². The van der Waals surface area contributed by atoms with Crippen LogP contribution in [0.3, 0.4) is 0 Å². The molecule has 1 aromatic heterocycles. The Balaban J connectivity index is 1.88. The van der Waals surface area contributed by atoms with Crippen molar-refractivity contribution in [1.29, 1.82) is 0 Å². The molecule has 0 spiro atoms. The van der Waals surface area contributed by atoms with E-state index in [4.69, 9.17) is 5.73 Å². The SMILES string of the molecule is CN=C(NCc1cccc(C(N)=O)c1)NCc1ncc(C)s1. The Labute approximate surface area is 133 Å². The van der Waals surface area contributed by atoms with E-state index in [0.29, 0.717) is 24.6 Å². The maximum Gasteiger partial charge on any atom is 0.248 e. The third-order valence-electron chi connectivity index (χ3n) is 2.97. The standard InChI is InChI=1S/C15H19N5OS/c1-10-7-18-13(22-10)9-20-15(17-2)19-8-11-4-3-5-12(6-11)14(16)21/h3-7H,8-9H2,1-2H3,(H2,16,21)(H2,17,19,20). The number of nitrogens with two attached hydrogens (primary N) is 1. The van der Waals surface area contributed by atoms with Crippen LogP contribution in [0.5, 0.6) is 0 Å². The molecule has 0 radical (unpaired) electrons. The number of hydrogen-bond donors (Lipinski definition) is 3. The Morgan fingerprint density at radius 1 is 1.36 bits per heavy atom. The van der Waals surface area contributed by atoms with Crippen molar-refractivity contribution < 1.29 is 4.79 Å². The van der Waals surface area contributed by atoms with Gasteiger partial charge in [0.2, 0.25) is 5.91 Å². The number of amides is 1. The van der Waals surface area contributed by atoms with Gasteiger partial charge in [-0.05, 0) is 24.6 Å². The fourth-order valence-corrected chi connectivity index (χ4v) is 2.61. The van der Waals surface area contributed by atoms with Crippen LogP contribution in [0.15, 0.2) is 35.5 Å². The van der Waals surface area contributed by atoms with E-state index in [0.717, 1.165) is 10.6 Å². The predicted molar refractivity (Wildman–Crippen MR) is 88.8 cm³/mol. The highest BCUT2D eigenvalue weighted by Crippen LogP contribution is 2.10. The first-order valence-corrected chi connectivity index (χ1v) is 7.64. The normalized spacial score (nSPS) is 11.3. The number of nitrogens with zero attached hydrogens (tertiary/aromatic N) is 2. The molecule has 0 aliphatic rings. The van der Waals surface area contributed by atoms with Crippen molar-refractivity contribution in [1.82, 2.24) is 15.6 Å². The van der Waals surface area contributed by atoms with Crippen molar-refractivity contribution in [2.45, 2.75) is 20.0 Å². The van der Waals surface area contributed by atoms with Gasteiger partial charge in [-0.1, -0.05) is 12.1 Å². The molecule has 6 nitrogen and oxygen atoms in total. The van der Waals surface area contributed by atoms with E-state index in [2.05, 4.69) is 20.6 Å². The Hall–Kier alpha value is -2.41. The van der Waals surface area contributed by atoms with Crippen molar-refractivity contribution in [3.63, 3.8) is 0 Å². The third-order valence-corrected chi connectivity index (χ3v) is 3.88. The van der Waals surface area contributed by atoms with Crippen LogP contribution in [-0.2, 0) is 13.1 Å². The number of guanidine groups is 1. The number of nitrogens with one attached hydrogen (secondary N) is 2. The van der Waals surface area contributed by atoms with Crippen LogP contribution in [0.25, 0.3) is 0 Å². The highest BCUT2D eigenvalue weighted by molar-refractivity contribution is 7.11. The van der Waals surface area contributed by atoms with Crippen molar-refractivity contribution in [2.75, 3.05) is 7.05 Å². The summed E-state index contributed by atoms with van der Waals surface area (Å²) in [4.78, 5) is 20.8. The van der Waals surface area contributed by atoms with Crippen LogP contribution >= 0.6 is 11.3 Å². The van der Waals surface area contributed by atoms with E-state index in [-0.39, 0.29) is 0 Å². The zero-order valence-electron chi connectivity index (χ0n) is 12.6. The molecule has 2 rings (SSSR count). The Bertz CT molecular complexity index is 680. The van der Waals surface area contributed by atoms with E-state index in [1.54, 1.807) is 30.5 Å². The second kappa shape index (κ2) is 7.56. The zero-order chi connectivity index (χ0) is 15.9. The molecule has 116 valence electrons. The summed E-state index contributed by atoms with van der Waals surface area (Å²) in [5.41, 5.74) is 6.74. The number of carbonyl (C=O) groups excluding carboxylic acids is 1. The summed E-state index contributed by atoms with van der Waals surface area (Å²) in [6, 6.07) is 7.21. The highest BCUT2D eigenvalue weighted by Gasteiger charge is 2.04. The summed E-state index contributed by atoms with van der Waals surface area (Å²) >= 11 is 1.65. The van der Waals surface area contributed by atoms with Crippen LogP contribution < -0.4 is 16.4 Å². The van der Waals surface area contributed by atoms with Gasteiger partial charge in [-0.3, -0.25) is 9.79 Å². The number of thiazole rings is 1. The fourth-order valence-electron chi connectivity index (χ4n) is 1.88. The number of hydrogen-bond acceptors (Lipinski definition) is 4. The van der Waals surface area contributed by atoms with Crippen LogP contribution in [0.4, 0.5) is 0 Å². The van der Waals surface area contributed by atoms with Crippen LogP contribution in [0.2, 0.25) is 0 Å². The second-order valence-electron chi connectivity index (χ2n) is 4.71. The van der Waals surface area contributed by atoms with Gasteiger partial charge in [0.15, 0.2) is 5.96 Å². The van der Waals surface area contributed by atoms with E-state index in [9.17, 15) is 4.79 Å². The van der Waals surface area contributed by atoms with Crippen molar-refractivity contribution in [2.24, 2.45) is 10.7 Å². The molecule has 0 unspecified atom stereocenters. The molecule has 1 aromatic carbocycles. The average Bonchev–Trinajstić information content (AvgIpc) is 2.93. The Morgan fingerprint density at radius 3 is 2.77 bits per heavy atom. The Kier molecular flexibility index (Phi) is 5.48. The first-order chi connectivity index (χ1) is 10.6. The van der Waals surface area contributed by atoms with Gasteiger partial charge in [-0.2, -0.15) is 0 Å². The van der Waals surface area contributed by atoms with Gasteiger partial charge in [0.05, 0.1) is 6.54 Å². The molecule has 0 saturated heterocycles. The van der Waals surface area contributed by atoms with E-state index in [1.807, 2.05) is 25.3 Å². The van der Waals surface area contributed by atoms with Gasteiger partial charge in [-0.25, -0.2) is 4.98 Å². The number of aryl methyl sites for hydroxylation is 1. The number of rotatable bonds is 5. The lowest BCUT2D eigenvalue weighted by molar-refractivity contribution is 0.1000. The Morgan fingerprint density at radius 2 is 2.14 bits per heavy atom. The number of aromatic nitrogens is 1. The third kappa shape index (κ3) is 4.56. The number of primary amides is 1. The number of benzene rings is 1. The topological polar surface area (TPSA) is 92.4 Å². The minimum atomic E-state index is -0.427. The first kappa shape index (κ1) is 16.0. The summed E-state index contributed by atoms with van der Waals surface area (Å²) in [5.74, 6) is 0.251. The van der Waals surface area contributed by atoms with E-state index in [1.165, 1.54) is 4.88 Å². The molecular weight excluding hydrogens is 298 g/mol. The lowest BCUT2D eigenvalue weighted by atomic mass is 10.1. The molecule has 0 aliphatic heterocycles. The van der Waals surface area contributed by atoms with Crippen LogP contribution in [0.1, 0.15) is 25.8 Å². The quantitative estimate of drug-likeness (QED) is 0.574. The lowest BCUT2D eigenvalue weighted by Crippen LogP contribution is -2.36. The van der Waals surface area contributed by atoms with Gasteiger partial charge in [0, 0.05) is 30.2 Å². The smallest absolute Gasteiger partial charge is 0.248 e. The predicted octanol–water partition coefficient (Wildman–Crippen LogP) is 1.42. The zero-order valence-corrected chi connectivity index (χ0v) is 13.4. The van der Waals surface area contributed by atoms with Gasteiger partial charge >= 0.3 is 0 Å². The summed E-state index contributed by atoms with van der Waals surface area (Å²) in [5, 5.41) is 7.40. The molecular formula is C15H19N5OS. The maximum atomic E-state index is 11.2. The minimum absolute atomic E-state index is 0.427. The first-order valence-electron chi connectivity index (χ1n) is 6.83. The molecule has 1 heterocycles. The highest BCUT2D eigenvalue weighted by atomic mass is 32.1. The molecule has 1 amide bonds. The van der Waals surface area contributed by atoms with Crippen molar-refractivity contribution >= 4 is 23.2 Å². The molecule has 0 aliphatic carbocycles. The largest absolute Gasteiger partial charge is 0.366 e. The molecule has 0 saturated carbocycles. The summed E-state index contributed by atoms with van der Waals surface area (Å²) < 4.78 is 0. The van der Waals surface area contributed by atoms with E-state index >= 15 is 0 Å². The molecule has 2 aromatic rings. The number of carbonyl (C=O) groups is 1. The van der Waals surface area contributed by atoms with Crippen molar-refractivity contribution in [3.05, 3.63) is 51.5 Å². The van der Waals surface area contributed by atoms with Crippen LogP contribution in [-0.4, -0.2) is 23.9 Å². The van der Waals surface area contributed by atoms with Gasteiger partial charge < -0.3 is 16.4 Å². The summed E-state index contributed by atoms with van der Waals surface area (Å²) in [7, 11) is 1.71. The fraction of sp³-hybridized carbons (Fsp3) is 0.267. The molecule has 7 heteroatoms. The molecule has 0 atom stereocenters. The molecule has 0 bridgehead atoms. The average molecular weight is 317 g/mol. The molecule has 0 fully saturated rings. The molecule has 4 N–H and O–H groups in total. The second-order valence-corrected chi connectivity index (χ2v) is 6.03. The van der Waals surface area contributed by atoms with Gasteiger partial charge in [0.25, 0.3) is 0 Å². The summed E-state index contributed by atoms with van der Waals surface area (Å²) in [6.45, 7) is 3.21. The maximum absolute atomic E-state index is 11.2. The monoisotopic (exact) mass is 317 g/mol.